The number of rotatable bonds is 7. The van der Waals surface area contributed by atoms with E-state index in [4.69, 9.17) is 0 Å². The summed E-state index contributed by atoms with van der Waals surface area (Å²) in [7, 11) is 3.70. The summed E-state index contributed by atoms with van der Waals surface area (Å²) >= 11 is 3.41. The minimum absolute atomic E-state index is 0.00827. The van der Waals surface area contributed by atoms with Crippen LogP contribution in [0.2, 0.25) is 0 Å². The van der Waals surface area contributed by atoms with E-state index in [0.717, 1.165) is 43.1 Å². The van der Waals surface area contributed by atoms with Crippen LogP contribution in [0.5, 0.6) is 0 Å². The van der Waals surface area contributed by atoms with Gasteiger partial charge in [-0.3, -0.25) is 43.9 Å². The van der Waals surface area contributed by atoms with Crippen LogP contribution in [-0.2, 0) is 23.2 Å². The van der Waals surface area contributed by atoms with Gasteiger partial charge in [0.2, 0.25) is 11.8 Å². The average molecular weight is 772 g/mol. The molecule has 14 nitrogen and oxygen atoms in total. The van der Waals surface area contributed by atoms with Gasteiger partial charge in [0.1, 0.15) is 10.5 Å². The number of benzene rings is 2. The van der Waals surface area contributed by atoms with E-state index in [1.54, 1.807) is 25.4 Å². The topological polar surface area (TPSA) is 157 Å². The first-order chi connectivity index (χ1) is 24.9. The Kier molecular flexibility index (Phi) is 8.62. The van der Waals surface area contributed by atoms with Gasteiger partial charge < -0.3 is 15.1 Å². The third-order valence-electron chi connectivity index (χ3n) is 11.1. The first-order valence-electron chi connectivity index (χ1n) is 17.5. The molecule has 1 unspecified atom stereocenters. The van der Waals surface area contributed by atoms with Crippen molar-refractivity contribution in [2.45, 2.75) is 43.8 Å². The summed E-state index contributed by atoms with van der Waals surface area (Å²) < 4.78 is 1.76. The summed E-state index contributed by atoms with van der Waals surface area (Å²) in [5.74, 6) is -1.76. The molecule has 4 saturated heterocycles. The first kappa shape index (κ1) is 34.4. The predicted octanol–water partition coefficient (Wildman–Crippen LogP) is 1.80. The number of likely N-dealkylation sites (tertiary alicyclic amines) is 3. The Bertz CT molecular complexity index is 2070. The van der Waals surface area contributed by atoms with Gasteiger partial charge in [-0.15, -0.1) is 0 Å². The Balaban J connectivity index is 0.851. The molecule has 0 radical (unpaired) electrons. The van der Waals surface area contributed by atoms with Crippen molar-refractivity contribution in [1.29, 1.82) is 0 Å². The zero-order valence-electron chi connectivity index (χ0n) is 28.9. The smallest absolute Gasteiger partial charge is 0.282 e. The van der Waals surface area contributed by atoms with Crippen LogP contribution < -0.4 is 16.2 Å². The maximum Gasteiger partial charge on any atom is 0.282 e. The summed E-state index contributed by atoms with van der Waals surface area (Å²) in [4.78, 5) is 84.0. The van der Waals surface area contributed by atoms with Gasteiger partial charge in [-0.2, -0.15) is 5.10 Å². The van der Waals surface area contributed by atoms with Crippen LogP contribution in [0.25, 0.3) is 0 Å². The van der Waals surface area contributed by atoms with Crippen LogP contribution >= 0.6 is 15.9 Å². The summed E-state index contributed by atoms with van der Waals surface area (Å²) in [5, 5.41) is 9.88. The van der Waals surface area contributed by atoms with E-state index in [2.05, 4.69) is 60.6 Å². The van der Waals surface area contributed by atoms with Crippen molar-refractivity contribution >= 4 is 51.2 Å². The van der Waals surface area contributed by atoms with Gasteiger partial charge in [-0.25, -0.2) is 4.68 Å². The predicted molar refractivity (Wildman–Crippen MR) is 193 cm³/mol. The number of carbonyl (C=O) groups is 5. The van der Waals surface area contributed by atoms with Crippen LogP contribution in [0.3, 0.4) is 0 Å². The number of imide groups is 2. The van der Waals surface area contributed by atoms with Crippen LogP contribution in [0.15, 0.2) is 57.9 Å². The third-order valence-corrected chi connectivity index (χ3v) is 11.9. The van der Waals surface area contributed by atoms with E-state index in [-0.39, 0.29) is 47.2 Å². The summed E-state index contributed by atoms with van der Waals surface area (Å²) in [6, 6.07) is 12.3. The lowest BCUT2D eigenvalue weighted by molar-refractivity contribution is -0.136. The number of piperidine rings is 2. The maximum absolute atomic E-state index is 13.5. The normalized spacial score (nSPS) is 24.4. The molecule has 2 N–H and O–H groups in total. The van der Waals surface area contributed by atoms with Gasteiger partial charge >= 0.3 is 0 Å². The van der Waals surface area contributed by atoms with Gasteiger partial charge in [0, 0.05) is 76.3 Å². The molecule has 8 rings (SSSR count). The molecular weight excluding hydrogens is 732 g/mol. The number of nitrogens with one attached hydrogen (secondary N) is 2. The second-order valence-corrected chi connectivity index (χ2v) is 15.8. The summed E-state index contributed by atoms with van der Waals surface area (Å²) in [6.07, 6.45) is 2.73. The lowest BCUT2D eigenvalue weighted by Gasteiger charge is -2.60. The Morgan fingerprint density at radius 3 is 2.46 bits per heavy atom. The van der Waals surface area contributed by atoms with Crippen molar-refractivity contribution in [1.82, 2.24) is 34.7 Å². The molecule has 52 heavy (non-hydrogen) atoms. The molecule has 2 aromatic carbocycles. The molecule has 15 heteroatoms. The Morgan fingerprint density at radius 1 is 0.981 bits per heavy atom. The van der Waals surface area contributed by atoms with Crippen molar-refractivity contribution < 1.29 is 24.0 Å². The second-order valence-electron chi connectivity index (χ2n) is 15.0. The molecule has 3 atom stereocenters. The highest BCUT2D eigenvalue weighted by molar-refractivity contribution is 9.10. The largest absolute Gasteiger partial charge is 0.379 e. The number of anilines is 1. The minimum atomic E-state index is -0.997. The molecule has 5 aliphatic rings. The van der Waals surface area contributed by atoms with Gasteiger partial charge in [0.15, 0.2) is 0 Å². The van der Waals surface area contributed by atoms with Crippen molar-refractivity contribution in [2.24, 2.45) is 12.5 Å². The fourth-order valence-corrected chi connectivity index (χ4v) is 9.13. The lowest BCUT2D eigenvalue weighted by atomic mass is 9.72. The van der Waals surface area contributed by atoms with Crippen LogP contribution in [0, 0.1) is 5.41 Å². The lowest BCUT2D eigenvalue weighted by Crippen LogP contribution is -2.72. The number of hydrogen-bond donors (Lipinski definition) is 2. The van der Waals surface area contributed by atoms with E-state index in [0.29, 0.717) is 40.9 Å². The standard InChI is InChI=1S/C37H39BrN8O6/c1-42-14-24(12-25(16-42)40-27-13-39-43(2)36(52)31(27)38)21-6-8-22(9-7-21)33(49)45-19-37(20-45)17-44(18-37)15-23-4-3-5-26-30(23)35(51)46(34(26)50)28-10-11-29(47)41-32(28)48/h3-9,13,24-25,28,40H,10-12,14-20H2,1-2H3,(H,41,47,48)/t24-,25+,28?/m0/s1. The van der Waals surface area contributed by atoms with Crippen molar-refractivity contribution in [3.63, 3.8) is 0 Å². The number of nitrogens with zero attached hydrogens (tertiary/aromatic N) is 6. The van der Waals surface area contributed by atoms with E-state index < -0.39 is 29.7 Å². The Labute approximate surface area is 308 Å². The summed E-state index contributed by atoms with van der Waals surface area (Å²) in [6.45, 7) is 5.06. The van der Waals surface area contributed by atoms with Crippen LogP contribution in [0.1, 0.15) is 67.4 Å². The SMILES string of the molecule is CN1C[C@H](Nc2cnn(C)c(=O)c2Br)C[C@H](c2ccc(C(=O)N3CC4(CN(Cc5cccc6c5C(=O)N(C5CCC(=O)NC5=O)C6=O)C4)C3)cc2)C1. The molecule has 270 valence electrons. The Hall–Kier alpha value is -4.73. The molecule has 3 aromatic rings. The number of likely N-dealkylation sites (N-methyl/N-ethyl adjacent to an activating group) is 1. The van der Waals surface area contributed by atoms with E-state index in [1.165, 1.54) is 10.2 Å². The van der Waals surface area contributed by atoms with Gasteiger partial charge in [-0.05, 0) is 71.1 Å². The Morgan fingerprint density at radius 2 is 1.73 bits per heavy atom. The number of aromatic nitrogens is 2. The third kappa shape index (κ3) is 6.03. The number of amides is 5. The molecule has 5 amide bonds. The summed E-state index contributed by atoms with van der Waals surface area (Å²) in [5.41, 5.74) is 3.66. The fourth-order valence-electron chi connectivity index (χ4n) is 8.66. The highest BCUT2D eigenvalue weighted by Gasteiger charge is 2.53. The first-order valence-corrected chi connectivity index (χ1v) is 18.3. The number of fused-ring (bicyclic) bond motifs is 1. The zero-order chi connectivity index (χ0) is 36.5. The molecule has 0 aliphatic carbocycles. The van der Waals surface area contributed by atoms with Gasteiger partial charge in [0.25, 0.3) is 23.3 Å². The molecule has 5 aliphatic heterocycles. The fraction of sp³-hybridized carbons (Fsp3) is 0.432. The van der Waals surface area contributed by atoms with E-state index in [9.17, 15) is 28.8 Å². The van der Waals surface area contributed by atoms with Gasteiger partial charge in [-0.1, -0.05) is 24.3 Å². The van der Waals surface area contributed by atoms with Gasteiger partial charge in [0.05, 0.1) is 23.0 Å². The van der Waals surface area contributed by atoms with Crippen LogP contribution in [0.4, 0.5) is 5.69 Å². The number of aryl methyl sites for hydroxylation is 1. The highest BCUT2D eigenvalue weighted by atomic mass is 79.9. The molecule has 0 saturated carbocycles. The number of hydrogen-bond acceptors (Lipinski definition) is 10. The molecule has 1 aromatic heterocycles. The van der Waals surface area contributed by atoms with E-state index in [1.807, 2.05) is 23.1 Å². The second kappa shape index (κ2) is 13.0. The molecule has 4 fully saturated rings. The minimum Gasteiger partial charge on any atom is -0.379 e. The van der Waals surface area contributed by atoms with Crippen molar-refractivity contribution in [2.75, 3.05) is 51.6 Å². The average Bonchev–Trinajstić information content (AvgIpc) is 3.34. The number of carbonyl (C=O) groups excluding carboxylic acids is 5. The van der Waals surface area contributed by atoms with Crippen molar-refractivity contribution in [3.8, 4) is 0 Å². The monoisotopic (exact) mass is 770 g/mol. The number of halogens is 1. The molecule has 0 bridgehead atoms. The van der Waals surface area contributed by atoms with Crippen molar-refractivity contribution in [3.05, 3.63) is 91.3 Å². The molecule has 1 spiro atoms. The van der Waals surface area contributed by atoms with E-state index >= 15 is 0 Å². The quantitative estimate of drug-likeness (QED) is 0.340. The van der Waals surface area contributed by atoms with Crippen LogP contribution in [-0.4, -0.2) is 117 Å². The molecule has 6 heterocycles. The zero-order valence-corrected chi connectivity index (χ0v) is 30.5. The highest BCUT2D eigenvalue weighted by Crippen LogP contribution is 2.42. The maximum atomic E-state index is 13.5. The molecular formula is C37H39BrN8O6.